The summed E-state index contributed by atoms with van der Waals surface area (Å²) in [7, 11) is 0. The largest absolute Gasteiger partial charge is 0.494 e. The highest BCUT2D eigenvalue weighted by Gasteiger charge is 1.97. The van der Waals surface area contributed by atoms with Gasteiger partial charge in [0.15, 0.2) is 0 Å². The monoisotopic (exact) mass is 252 g/mol. The van der Waals surface area contributed by atoms with Gasteiger partial charge in [-0.3, -0.25) is 4.79 Å². The van der Waals surface area contributed by atoms with Crippen LogP contribution >= 0.6 is 0 Å². The zero-order valence-electron chi connectivity index (χ0n) is 10.6. The molecule has 0 radical (unpaired) electrons. The summed E-state index contributed by atoms with van der Waals surface area (Å²) in [6, 6.07) is 7.93. The van der Waals surface area contributed by atoms with Gasteiger partial charge in [-0.1, -0.05) is 12.1 Å². The van der Waals surface area contributed by atoms with Crippen LogP contribution in [-0.4, -0.2) is 32.3 Å². The van der Waals surface area contributed by atoms with E-state index in [1.54, 1.807) is 0 Å². The number of carbonyl (C=O) groups excluding carboxylic acids is 1. The maximum absolute atomic E-state index is 10.4. The van der Waals surface area contributed by atoms with Crippen molar-refractivity contribution in [2.45, 2.75) is 13.5 Å². The van der Waals surface area contributed by atoms with E-state index in [2.05, 4.69) is 5.32 Å². The third-order valence-electron chi connectivity index (χ3n) is 2.21. The Bertz CT molecular complexity index is 369. The molecule has 0 spiro atoms. The van der Waals surface area contributed by atoms with E-state index in [1.165, 1.54) is 0 Å². The molecule has 18 heavy (non-hydrogen) atoms. The van der Waals surface area contributed by atoms with Crippen LogP contribution in [0.3, 0.4) is 0 Å². The maximum Gasteiger partial charge on any atom is 0.243 e. The number of nitrogens with one attached hydrogen (secondary N) is 1. The number of rotatable bonds is 9. The Kier molecular flexibility index (Phi) is 6.83. The van der Waals surface area contributed by atoms with E-state index in [0.717, 1.165) is 17.9 Å². The third-order valence-corrected chi connectivity index (χ3v) is 2.21. The van der Waals surface area contributed by atoms with Crippen LogP contribution in [0.5, 0.6) is 5.75 Å². The van der Waals surface area contributed by atoms with Gasteiger partial charge in [0.1, 0.15) is 12.4 Å². The molecule has 0 saturated heterocycles. The number of ether oxygens (including phenoxy) is 2. The second kappa shape index (κ2) is 8.49. The van der Waals surface area contributed by atoms with Crippen molar-refractivity contribution >= 4 is 5.91 Å². The van der Waals surface area contributed by atoms with Gasteiger partial charge < -0.3 is 20.5 Å². The Balaban J connectivity index is 2.18. The smallest absolute Gasteiger partial charge is 0.243 e. The molecule has 1 amide bonds. The van der Waals surface area contributed by atoms with Crippen molar-refractivity contribution in [1.82, 2.24) is 5.32 Å². The van der Waals surface area contributed by atoms with Crippen molar-refractivity contribution in [3.05, 3.63) is 29.8 Å². The highest BCUT2D eigenvalue weighted by Crippen LogP contribution is 2.12. The molecule has 0 unspecified atom stereocenters. The topological polar surface area (TPSA) is 73.6 Å². The average molecular weight is 252 g/mol. The molecule has 0 heterocycles. The number of benzene rings is 1. The van der Waals surface area contributed by atoms with Crippen molar-refractivity contribution in [2.24, 2.45) is 5.73 Å². The molecule has 3 N–H and O–H groups in total. The van der Waals surface area contributed by atoms with E-state index in [0.29, 0.717) is 19.8 Å². The lowest BCUT2D eigenvalue weighted by Gasteiger charge is -2.07. The summed E-state index contributed by atoms with van der Waals surface area (Å²) in [5.74, 6) is 0.432. The first-order valence-corrected chi connectivity index (χ1v) is 6.01. The molecule has 0 aliphatic heterocycles. The van der Waals surface area contributed by atoms with Gasteiger partial charge in [0.05, 0.1) is 13.2 Å². The molecule has 0 aromatic heterocycles. The first-order valence-electron chi connectivity index (χ1n) is 6.01. The molecule has 0 saturated carbocycles. The predicted octanol–water partition coefficient (Wildman–Crippen LogP) is 0.677. The summed E-state index contributed by atoms with van der Waals surface area (Å²) in [6.45, 7) is 4.47. The van der Waals surface area contributed by atoms with Crippen molar-refractivity contribution in [2.75, 3.05) is 26.4 Å². The molecule has 0 fully saturated rings. The Morgan fingerprint density at radius 3 is 3.00 bits per heavy atom. The highest BCUT2D eigenvalue weighted by molar-refractivity contribution is 5.74. The van der Waals surface area contributed by atoms with Gasteiger partial charge in [0.25, 0.3) is 0 Å². The number of hydrogen-bond donors (Lipinski definition) is 2. The van der Waals surface area contributed by atoms with Crippen molar-refractivity contribution < 1.29 is 14.3 Å². The second-order valence-electron chi connectivity index (χ2n) is 3.78. The minimum absolute atomic E-state index is 0.0263. The van der Waals surface area contributed by atoms with Crippen LogP contribution in [0.1, 0.15) is 12.5 Å². The molecule has 0 atom stereocenters. The number of nitrogens with two attached hydrogens (primary N) is 1. The second-order valence-corrected chi connectivity index (χ2v) is 3.78. The van der Waals surface area contributed by atoms with Gasteiger partial charge in [-0.25, -0.2) is 0 Å². The SMILES string of the molecule is CCOc1cccc(CNCCOCC(N)=O)c1. The quantitative estimate of drug-likeness (QED) is 0.634. The molecule has 1 aromatic carbocycles. The minimum atomic E-state index is -0.445. The van der Waals surface area contributed by atoms with Crippen molar-refractivity contribution in [3.8, 4) is 5.75 Å². The van der Waals surface area contributed by atoms with E-state index < -0.39 is 5.91 Å². The van der Waals surface area contributed by atoms with Gasteiger partial charge >= 0.3 is 0 Å². The molecule has 5 nitrogen and oxygen atoms in total. The summed E-state index contributed by atoms with van der Waals surface area (Å²) in [5.41, 5.74) is 6.09. The van der Waals surface area contributed by atoms with Crippen LogP contribution < -0.4 is 15.8 Å². The van der Waals surface area contributed by atoms with E-state index in [-0.39, 0.29) is 6.61 Å². The van der Waals surface area contributed by atoms with E-state index in [4.69, 9.17) is 15.2 Å². The highest BCUT2D eigenvalue weighted by atomic mass is 16.5. The Morgan fingerprint density at radius 2 is 2.28 bits per heavy atom. The Labute approximate surface area is 107 Å². The molecule has 100 valence electrons. The fraction of sp³-hybridized carbons (Fsp3) is 0.462. The molecule has 1 aromatic rings. The fourth-order valence-corrected chi connectivity index (χ4v) is 1.46. The normalized spacial score (nSPS) is 10.3. The minimum Gasteiger partial charge on any atom is -0.494 e. The molecule has 0 aliphatic rings. The summed E-state index contributed by atoms with van der Waals surface area (Å²) < 4.78 is 10.4. The predicted molar refractivity (Wildman–Crippen MR) is 69.3 cm³/mol. The first kappa shape index (κ1) is 14.5. The van der Waals surface area contributed by atoms with Gasteiger partial charge in [0.2, 0.25) is 5.91 Å². The molecule has 5 heteroatoms. The van der Waals surface area contributed by atoms with Crippen LogP contribution in [-0.2, 0) is 16.1 Å². The van der Waals surface area contributed by atoms with Gasteiger partial charge in [0, 0.05) is 13.1 Å². The van der Waals surface area contributed by atoms with Crippen LogP contribution in [0.2, 0.25) is 0 Å². The zero-order valence-corrected chi connectivity index (χ0v) is 10.6. The standard InChI is InChI=1S/C13H20N2O3/c1-2-18-12-5-3-4-11(8-12)9-15-6-7-17-10-13(14)16/h3-5,8,15H,2,6-7,9-10H2,1H3,(H2,14,16). The van der Waals surface area contributed by atoms with Gasteiger partial charge in [-0.05, 0) is 24.6 Å². The van der Waals surface area contributed by atoms with E-state index in [1.807, 2.05) is 31.2 Å². The summed E-state index contributed by atoms with van der Waals surface area (Å²) in [5, 5.41) is 3.21. The first-order chi connectivity index (χ1) is 8.72. The number of primary amides is 1. The zero-order chi connectivity index (χ0) is 13.2. The summed E-state index contributed by atoms with van der Waals surface area (Å²) >= 11 is 0. The summed E-state index contributed by atoms with van der Waals surface area (Å²) in [6.07, 6.45) is 0. The fourth-order valence-electron chi connectivity index (χ4n) is 1.46. The van der Waals surface area contributed by atoms with Crippen molar-refractivity contribution in [1.29, 1.82) is 0 Å². The summed E-state index contributed by atoms with van der Waals surface area (Å²) in [4.78, 5) is 10.4. The molecular weight excluding hydrogens is 232 g/mol. The van der Waals surface area contributed by atoms with E-state index in [9.17, 15) is 4.79 Å². The van der Waals surface area contributed by atoms with Crippen molar-refractivity contribution in [3.63, 3.8) is 0 Å². The van der Waals surface area contributed by atoms with Gasteiger partial charge in [-0.15, -0.1) is 0 Å². The Morgan fingerprint density at radius 1 is 1.44 bits per heavy atom. The Hall–Kier alpha value is -1.59. The van der Waals surface area contributed by atoms with Crippen LogP contribution in [0.25, 0.3) is 0 Å². The van der Waals surface area contributed by atoms with Crippen LogP contribution in [0.15, 0.2) is 24.3 Å². The lowest BCUT2D eigenvalue weighted by Crippen LogP contribution is -2.23. The molecule has 1 rings (SSSR count). The number of amides is 1. The number of hydrogen-bond acceptors (Lipinski definition) is 4. The molecule has 0 bridgehead atoms. The number of carbonyl (C=O) groups is 1. The average Bonchev–Trinajstić information content (AvgIpc) is 2.34. The maximum atomic E-state index is 10.4. The molecular formula is C13H20N2O3. The third kappa shape index (κ3) is 6.22. The van der Waals surface area contributed by atoms with Crippen LogP contribution in [0.4, 0.5) is 0 Å². The molecule has 0 aliphatic carbocycles. The lowest BCUT2D eigenvalue weighted by atomic mass is 10.2. The lowest BCUT2D eigenvalue weighted by molar-refractivity contribution is -0.122. The van der Waals surface area contributed by atoms with E-state index >= 15 is 0 Å². The van der Waals surface area contributed by atoms with Gasteiger partial charge in [-0.2, -0.15) is 0 Å². The van der Waals surface area contributed by atoms with Crippen LogP contribution in [0, 0.1) is 0 Å².